The molecule has 0 aliphatic heterocycles. The molecule has 1 atom stereocenters. The van der Waals surface area contributed by atoms with E-state index >= 15 is 0 Å². The Morgan fingerprint density at radius 1 is 1.00 bits per heavy atom. The molecule has 0 rings (SSSR count). The first-order chi connectivity index (χ1) is 6.02. The molecule has 0 aliphatic carbocycles. The Morgan fingerprint density at radius 3 is 1.64 bits per heavy atom. The van der Waals surface area contributed by atoms with Crippen LogP contribution in [0.3, 0.4) is 0 Å². The second-order valence-electron chi connectivity index (χ2n) is 2.25. The number of hydrogen-bond donors (Lipinski definition) is 0. The standard InChI is InChI=1S/C5H2F7NO/c6-3(13-2-14,5(10,11)12)1-4(7,8)9/h1H2. The lowest BCUT2D eigenvalue weighted by Crippen LogP contribution is -2.42. The van der Waals surface area contributed by atoms with Gasteiger partial charge in [0.05, 0.1) is 0 Å². The summed E-state index contributed by atoms with van der Waals surface area (Å²) in [5.41, 5.74) is 0. The van der Waals surface area contributed by atoms with Crippen molar-refractivity contribution in [3.05, 3.63) is 0 Å². The normalized spacial score (nSPS) is 17.1. The lowest BCUT2D eigenvalue weighted by atomic mass is 10.1. The first-order valence-electron chi connectivity index (χ1n) is 2.93. The van der Waals surface area contributed by atoms with Crippen LogP contribution in [0.1, 0.15) is 6.42 Å². The van der Waals surface area contributed by atoms with Gasteiger partial charge in [0.15, 0.2) is 0 Å². The summed E-state index contributed by atoms with van der Waals surface area (Å²) in [7, 11) is 0. The third-order valence-corrected chi connectivity index (χ3v) is 1.09. The average molecular weight is 225 g/mol. The zero-order chi connectivity index (χ0) is 11.6. The Hall–Kier alpha value is -1.11. The number of aliphatic imine (C=N–C) groups is 1. The van der Waals surface area contributed by atoms with Crippen LogP contribution in [-0.2, 0) is 4.79 Å². The smallest absolute Gasteiger partial charge is 0.211 e. The molecule has 0 aliphatic rings. The fourth-order valence-electron chi connectivity index (χ4n) is 0.541. The first kappa shape index (κ1) is 12.9. The minimum Gasteiger partial charge on any atom is -0.211 e. The molecule has 9 heteroatoms. The number of hydrogen-bond acceptors (Lipinski definition) is 2. The van der Waals surface area contributed by atoms with Gasteiger partial charge in [0, 0.05) is 0 Å². The molecule has 0 heterocycles. The molecule has 0 N–H and O–H groups in total. The van der Waals surface area contributed by atoms with E-state index in [4.69, 9.17) is 0 Å². The number of nitrogens with zero attached hydrogens (tertiary/aromatic N) is 1. The number of alkyl halides is 7. The lowest BCUT2D eigenvalue weighted by Gasteiger charge is -2.22. The Bertz CT molecular complexity index is 250. The number of carbonyl (C=O) groups excluding carboxylic acids is 1. The molecular weight excluding hydrogens is 223 g/mol. The van der Waals surface area contributed by atoms with Crippen molar-refractivity contribution in [2.45, 2.75) is 24.6 Å². The second-order valence-corrected chi connectivity index (χ2v) is 2.25. The van der Waals surface area contributed by atoms with Gasteiger partial charge in [-0.15, -0.1) is 0 Å². The maximum absolute atomic E-state index is 12.5. The van der Waals surface area contributed by atoms with Gasteiger partial charge in [-0.25, -0.2) is 9.18 Å². The Kier molecular flexibility index (Phi) is 3.28. The second kappa shape index (κ2) is 3.56. The minimum atomic E-state index is -5.90. The highest BCUT2D eigenvalue weighted by molar-refractivity contribution is 5.34. The molecular formula is C5H2F7NO. The number of halogens is 7. The van der Waals surface area contributed by atoms with E-state index < -0.39 is 24.6 Å². The molecule has 0 bridgehead atoms. The van der Waals surface area contributed by atoms with Gasteiger partial charge in [0.1, 0.15) is 6.42 Å². The average Bonchev–Trinajstić information content (AvgIpc) is 1.79. The molecule has 0 saturated heterocycles. The number of rotatable bonds is 2. The third-order valence-electron chi connectivity index (χ3n) is 1.09. The zero-order valence-corrected chi connectivity index (χ0v) is 6.21. The zero-order valence-electron chi connectivity index (χ0n) is 6.21. The summed E-state index contributed by atoms with van der Waals surface area (Å²) in [6.45, 7) is 0. The van der Waals surface area contributed by atoms with Crippen molar-refractivity contribution in [3.63, 3.8) is 0 Å². The van der Waals surface area contributed by atoms with E-state index in [9.17, 15) is 35.5 Å². The van der Waals surface area contributed by atoms with Gasteiger partial charge in [-0.2, -0.15) is 31.3 Å². The maximum atomic E-state index is 12.5. The van der Waals surface area contributed by atoms with E-state index in [1.165, 1.54) is 4.99 Å². The van der Waals surface area contributed by atoms with Crippen LogP contribution in [0.5, 0.6) is 0 Å². The van der Waals surface area contributed by atoms with E-state index in [-0.39, 0.29) is 6.08 Å². The topological polar surface area (TPSA) is 29.4 Å². The van der Waals surface area contributed by atoms with Gasteiger partial charge in [-0.05, 0) is 0 Å². The van der Waals surface area contributed by atoms with Crippen molar-refractivity contribution in [3.8, 4) is 0 Å². The molecule has 0 saturated carbocycles. The van der Waals surface area contributed by atoms with E-state index in [2.05, 4.69) is 0 Å². The Labute approximate surface area is 72.4 Å². The van der Waals surface area contributed by atoms with Crippen LogP contribution in [0, 0.1) is 0 Å². The van der Waals surface area contributed by atoms with Gasteiger partial charge in [0.2, 0.25) is 6.08 Å². The van der Waals surface area contributed by atoms with Crippen molar-refractivity contribution in [1.82, 2.24) is 0 Å². The van der Waals surface area contributed by atoms with E-state index in [1.807, 2.05) is 0 Å². The Morgan fingerprint density at radius 2 is 1.43 bits per heavy atom. The monoisotopic (exact) mass is 225 g/mol. The molecule has 0 fully saturated rings. The van der Waals surface area contributed by atoms with Crippen LogP contribution in [0.4, 0.5) is 30.7 Å². The summed E-state index contributed by atoms with van der Waals surface area (Å²) < 4.78 is 82.0. The van der Waals surface area contributed by atoms with E-state index in [1.54, 1.807) is 0 Å². The van der Waals surface area contributed by atoms with E-state index in [0.29, 0.717) is 0 Å². The van der Waals surface area contributed by atoms with Crippen LogP contribution in [-0.4, -0.2) is 24.2 Å². The van der Waals surface area contributed by atoms with Crippen molar-refractivity contribution >= 4 is 6.08 Å². The summed E-state index contributed by atoms with van der Waals surface area (Å²) in [6.07, 6.45) is -14.1. The summed E-state index contributed by atoms with van der Waals surface area (Å²) in [5, 5.41) is 0. The van der Waals surface area contributed by atoms with Gasteiger partial charge >= 0.3 is 18.1 Å². The van der Waals surface area contributed by atoms with Gasteiger partial charge in [0.25, 0.3) is 0 Å². The Balaban J connectivity index is 5.03. The maximum Gasteiger partial charge on any atom is 0.444 e. The first-order valence-corrected chi connectivity index (χ1v) is 2.93. The summed E-state index contributed by atoms with van der Waals surface area (Å²) in [5.74, 6) is -4.95. The largest absolute Gasteiger partial charge is 0.444 e. The minimum absolute atomic E-state index is 0.117. The molecule has 0 amide bonds. The molecule has 0 aromatic carbocycles. The van der Waals surface area contributed by atoms with Crippen LogP contribution >= 0.6 is 0 Å². The van der Waals surface area contributed by atoms with Crippen LogP contribution in [0.25, 0.3) is 0 Å². The summed E-state index contributed by atoms with van der Waals surface area (Å²) in [6, 6.07) is 0. The van der Waals surface area contributed by atoms with Crippen LogP contribution < -0.4 is 0 Å². The van der Waals surface area contributed by atoms with Crippen molar-refractivity contribution in [1.29, 1.82) is 0 Å². The quantitative estimate of drug-likeness (QED) is 0.307. The highest BCUT2D eigenvalue weighted by atomic mass is 19.4. The fourth-order valence-corrected chi connectivity index (χ4v) is 0.541. The highest BCUT2D eigenvalue weighted by Crippen LogP contribution is 2.42. The number of isocyanates is 1. The van der Waals surface area contributed by atoms with Gasteiger partial charge < -0.3 is 0 Å². The van der Waals surface area contributed by atoms with Crippen molar-refractivity contribution < 1.29 is 35.5 Å². The molecule has 2 nitrogen and oxygen atoms in total. The van der Waals surface area contributed by atoms with Crippen molar-refractivity contribution in [2.24, 2.45) is 4.99 Å². The highest BCUT2D eigenvalue weighted by Gasteiger charge is 2.61. The molecule has 0 radical (unpaired) electrons. The molecule has 1 unspecified atom stereocenters. The summed E-state index contributed by atoms with van der Waals surface area (Å²) in [4.78, 5) is 10.8. The fraction of sp³-hybridized carbons (Fsp3) is 0.800. The van der Waals surface area contributed by atoms with Crippen LogP contribution in [0.15, 0.2) is 4.99 Å². The van der Waals surface area contributed by atoms with Gasteiger partial charge in [-0.1, -0.05) is 0 Å². The van der Waals surface area contributed by atoms with E-state index in [0.717, 1.165) is 0 Å². The van der Waals surface area contributed by atoms with Crippen LogP contribution in [0.2, 0.25) is 0 Å². The molecule has 0 aromatic heterocycles. The predicted molar refractivity (Wildman–Crippen MR) is 28.7 cm³/mol. The molecule has 14 heavy (non-hydrogen) atoms. The SMILES string of the molecule is O=C=NC(F)(CC(F)(F)F)C(F)(F)F. The third kappa shape index (κ3) is 3.33. The summed E-state index contributed by atoms with van der Waals surface area (Å²) >= 11 is 0. The molecule has 0 spiro atoms. The lowest BCUT2D eigenvalue weighted by molar-refractivity contribution is -0.264. The molecule has 82 valence electrons. The van der Waals surface area contributed by atoms with Gasteiger partial charge in [-0.3, -0.25) is 0 Å². The predicted octanol–water partition coefficient (Wildman–Crippen LogP) is 2.50. The van der Waals surface area contributed by atoms with Crippen molar-refractivity contribution in [2.75, 3.05) is 0 Å². The molecule has 0 aromatic rings.